The normalized spacial score (nSPS) is 20.4. The lowest BCUT2D eigenvalue weighted by atomic mass is 9.96. The fourth-order valence-corrected chi connectivity index (χ4v) is 6.44. The van der Waals surface area contributed by atoms with Crippen molar-refractivity contribution in [3.63, 3.8) is 0 Å². The van der Waals surface area contributed by atoms with Crippen LogP contribution < -0.4 is 9.47 Å². The molecule has 2 saturated heterocycles. The van der Waals surface area contributed by atoms with Gasteiger partial charge in [0.1, 0.15) is 30.6 Å². The number of amidine groups is 1. The second-order valence-corrected chi connectivity index (χ2v) is 12.1. The Hall–Kier alpha value is -3.58. The van der Waals surface area contributed by atoms with Crippen LogP contribution in [0, 0.1) is 0 Å². The molecule has 2 aromatic carbocycles. The van der Waals surface area contributed by atoms with Crippen molar-refractivity contribution in [3.8, 4) is 11.5 Å². The van der Waals surface area contributed by atoms with Gasteiger partial charge in [0.15, 0.2) is 0 Å². The van der Waals surface area contributed by atoms with Crippen LogP contribution in [0.25, 0.3) is 0 Å². The molecular formula is C33H41ClF4N4O5. The summed E-state index contributed by atoms with van der Waals surface area (Å²) in [5.41, 5.74) is 1.65. The van der Waals surface area contributed by atoms with Crippen molar-refractivity contribution in [3.05, 3.63) is 58.6 Å². The fraction of sp³-hybridized carbons (Fsp3) is 0.545. The molecular weight excluding hydrogens is 644 g/mol. The van der Waals surface area contributed by atoms with Crippen LogP contribution in [0.1, 0.15) is 62.6 Å². The number of nitrogens with zero attached hydrogens (tertiary/aromatic N) is 4. The molecule has 3 aliphatic rings. The number of halogens is 5. The van der Waals surface area contributed by atoms with Gasteiger partial charge in [-0.15, -0.1) is 0 Å². The van der Waals surface area contributed by atoms with Gasteiger partial charge in [-0.05, 0) is 75.0 Å². The number of ether oxygens (including phenoxy) is 2. The van der Waals surface area contributed by atoms with E-state index in [1.54, 1.807) is 13.2 Å². The van der Waals surface area contributed by atoms with E-state index in [9.17, 15) is 22.4 Å². The quantitative estimate of drug-likeness (QED) is 0.287. The van der Waals surface area contributed by atoms with Crippen molar-refractivity contribution in [2.75, 3.05) is 46.6 Å². The third-order valence-electron chi connectivity index (χ3n) is 8.56. The summed E-state index contributed by atoms with van der Waals surface area (Å²) in [7, 11) is 1.58. The molecule has 0 saturated carbocycles. The molecule has 47 heavy (non-hydrogen) atoms. The first kappa shape index (κ1) is 36.3. The van der Waals surface area contributed by atoms with E-state index in [-0.39, 0.29) is 24.7 Å². The molecule has 2 aromatic rings. The lowest BCUT2D eigenvalue weighted by Gasteiger charge is -2.40. The lowest BCUT2D eigenvalue weighted by molar-refractivity contribution is -0.192. The van der Waals surface area contributed by atoms with Gasteiger partial charge < -0.3 is 24.4 Å². The molecule has 0 radical (unpaired) electrons. The monoisotopic (exact) mass is 684 g/mol. The number of urea groups is 1. The summed E-state index contributed by atoms with van der Waals surface area (Å²) in [5, 5.41) is 7.77. The van der Waals surface area contributed by atoms with Gasteiger partial charge in [-0.3, -0.25) is 9.89 Å². The molecule has 2 fully saturated rings. The molecule has 2 amide bonds. The zero-order valence-electron chi connectivity index (χ0n) is 26.5. The highest BCUT2D eigenvalue weighted by atomic mass is 35.5. The minimum absolute atomic E-state index is 0.0514. The summed E-state index contributed by atoms with van der Waals surface area (Å²) in [6.45, 7) is 5.17. The summed E-state index contributed by atoms with van der Waals surface area (Å²) in [6.07, 6.45) is 1.13. The Kier molecular flexibility index (Phi) is 12.7. The van der Waals surface area contributed by atoms with Crippen LogP contribution in [0.2, 0.25) is 5.02 Å². The van der Waals surface area contributed by atoms with Crippen LogP contribution in [0.15, 0.2) is 47.5 Å². The maximum absolute atomic E-state index is 14.5. The molecule has 2 atom stereocenters. The number of aliphatic carboxylic acids is 1. The molecule has 0 aliphatic carbocycles. The third-order valence-corrected chi connectivity index (χ3v) is 8.81. The molecule has 0 aromatic heterocycles. The van der Waals surface area contributed by atoms with E-state index in [2.05, 4.69) is 11.8 Å². The Morgan fingerprint density at radius 2 is 1.68 bits per heavy atom. The molecule has 0 bridgehead atoms. The van der Waals surface area contributed by atoms with Gasteiger partial charge in [0.2, 0.25) is 0 Å². The summed E-state index contributed by atoms with van der Waals surface area (Å²) in [4.78, 5) is 34.9. The summed E-state index contributed by atoms with van der Waals surface area (Å²) in [6, 6.07) is 13.2. The second-order valence-electron chi connectivity index (χ2n) is 11.6. The van der Waals surface area contributed by atoms with Crippen molar-refractivity contribution < 1.29 is 41.7 Å². The van der Waals surface area contributed by atoms with Gasteiger partial charge in [0.05, 0.1) is 24.8 Å². The van der Waals surface area contributed by atoms with Gasteiger partial charge in [-0.2, -0.15) is 13.2 Å². The van der Waals surface area contributed by atoms with Gasteiger partial charge in [0.25, 0.3) is 0 Å². The number of benzene rings is 2. The van der Waals surface area contributed by atoms with Crippen molar-refractivity contribution in [1.29, 1.82) is 0 Å². The number of carbonyl (C=O) groups is 2. The van der Waals surface area contributed by atoms with Crippen LogP contribution in [0.4, 0.5) is 22.4 Å². The predicted molar refractivity (Wildman–Crippen MR) is 170 cm³/mol. The maximum atomic E-state index is 14.5. The molecule has 3 heterocycles. The van der Waals surface area contributed by atoms with E-state index in [0.29, 0.717) is 47.1 Å². The number of carboxylic acid groups (broad SMARTS) is 1. The average molecular weight is 685 g/mol. The van der Waals surface area contributed by atoms with E-state index in [4.69, 9.17) is 36.0 Å². The van der Waals surface area contributed by atoms with Crippen LogP contribution in [-0.2, 0) is 4.79 Å². The number of amides is 2. The number of rotatable bonds is 9. The van der Waals surface area contributed by atoms with Gasteiger partial charge in [-0.1, -0.05) is 37.1 Å². The van der Waals surface area contributed by atoms with Crippen LogP contribution in [0.5, 0.6) is 11.5 Å². The molecule has 1 N–H and O–H groups in total. The van der Waals surface area contributed by atoms with Crippen LogP contribution in [0.3, 0.4) is 0 Å². The van der Waals surface area contributed by atoms with E-state index in [1.807, 2.05) is 46.2 Å². The Labute approximate surface area is 277 Å². The highest BCUT2D eigenvalue weighted by Crippen LogP contribution is 2.40. The lowest BCUT2D eigenvalue weighted by Crippen LogP contribution is -2.52. The number of methoxy groups -OCH3 is 1. The smallest absolute Gasteiger partial charge is 0.490 e. The van der Waals surface area contributed by atoms with Gasteiger partial charge >= 0.3 is 18.2 Å². The molecule has 0 unspecified atom stereocenters. The van der Waals surface area contributed by atoms with Crippen LogP contribution >= 0.6 is 11.6 Å². The molecule has 0 spiro atoms. The Balaban J connectivity index is 0.000000644. The number of carboxylic acids is 1. The fourth-order valence-electron chi connectivity index (χ4n) is 6.32. The van der Waals surface area contributed by atoms with Crippen molar-refractivity contribution in [2.24, 2.45) is 4.99 Å². The molecule has 9 nitrogen and oxygen atoms in total. The van der Waals surface area contributed by atoms with Crippen molar-refractivity contribution >= 4 is 29.4 Å². The molecule has 3 aliphatic heterocycles. The number of carbonyl (C=O) groups excluding carboxylic acids is 1. The minimum Gasteiger partial charge on any atom is -0.497 e. The first-order valence-electron chi connectivity index (χ1n) is 15.8. The van der Waals surface area contributed by atoms with Gasteiger partial charge in [0, 0.05) is 30.2 Å². The Bertz CT molecular complexity index is 1380. The van der Waals surface area contributed by atoms with E-state index in [1.165, 1.54) is 12.8 Å². The highest BCUT2D eigenvalue weighted by Gasteiger charge is 2.44. The SMILES string of the molecule is CCC[C@H]1N=C(c2ccc(OC)cc2OCCF)N(C(=O)N2CCC(N3CCCC3)CC2)[C@H]1c1ccc(Cl)cc1.O=C(O)C(F)(F)F. The predicted octanol–water partition coefficient (Wildman–Crippen LogP) is 6.98. The number of piperidine rings is 1. The molecule has 258 valence electrons. The Morgan fingerprint density at radius 1 is 1.04 bits per heavy atom. The summed E-state index contributed by atoms with van der Waals surface area (Å²) in [5.74, 6) is -1.15. The molecule has 14 heteroatoms. The first-order chi connectivity index (χ1) is 22.5. The Morgan fingerprint density at radius 3 is 2.23 bits per heavy atom. The standard InChI is InChI=1S/C31H40ClFN4O3.C2HF3O2/c1-3-6-27-29(22-7-9-23(32)10-8-22)37(31(38)36-18-13-24(14-19-36)35-16-4-5-17-35)30(34-27)26-12-11-25(39-2)21-28(26)40-20-15-33;3-2(4,5)1(6)7/h7-12,21,24,27,29H,3-6,13-20H2,1-2H3;(H,6,7)/t27-,29+;/m1./s1. The average Bonchev–Trinajstić information content (AvgIpc) is 3.73. The summed E-state index contributed by atoms with van der Waals surface area (Å²) >= 11 is 6.25. The maximum Gasteiger partial charge on any atom is 0.490 e. The number of aliphatic imine (C=N–C) groups is 1. The largest absolute Gasteiger partial charge is 0.497 e. The van der Waals surface area contributed by atoms with E-state index < -0.39 is 18.8 Å². The topological polar surface area (TPSA) is 94.9 Å². The van der Waals surface area contributed by atoms with Gasteiger partial charge in [-0.25, -0.2) is 14.0 Å². The van der Waals surface area contributed by atoms with Crippen molar-refractivity contribution in [1.82, 2.24) is 14.7 Å². The number of hydrogen-bond donors (Lipinski definition) is 1. The third kappa shape index (κ3) is 9.07. The van der Waals surface area contributed by atoms with E-state index in [0.717, 1.165) is 44.3 Å². The first-order valence-corrected chi connectivity index (χ1v) is 16.2. The number of hydrogen-bond acceptors (Lipinski definition) is 6. The molecule has 5 rings (SSSR count). The number of alkyl halides is 4. The second kappa shape index (κ2) is 16.5. The summed E-state index contributed by atoms with van der Waals surface area (Å²) < 4.78 is 56.1. The zero-order valence-corrected chi connectivity index (χ0v) is 27.3. The zero-order chi connectivity index (χ0) is 34.1. The minimum atomic E-state index is -5.08. The number of likely N-dealkylation sites (tertiary alicyclic amines) is 2. The van der Waals surface area contributed by atoms with E-state index >= 15 is 0 Å². The highest BCUT2D eigenvalue weighted by molar-refractivity contribution is 6.30. The van der Waals surface area contributed by atoms with Crippen LogP contribution in [-0.4, -0.2) is 102 Å². The van der Waals surface area contributed by atoms with Crippen molar-refractivity contribution in [2.45, 2.75) is 69.8 Å².